The van der Waals surface area contributed by atoms with Gasteiger partial charge in [-0.2, -0.15) is 18.3 Å². The Hall–Kier alpha value is -2.55. The maximum absolute atomic E-state index is 12.5. The highest BCUT2D eigenvalue weighted by Crippen LogP contribution is 2.27. The molecule has 0 aliphatic carbocycles. The Balaban J connectivity index is 2.11. The van der Waals surface area contributed by atoms with Gasteiger partial charge in [-0.3, -0.25) is 14.3 Å². The molecule has 0 fully saturated rings. The van der Waals surface area contributed by atoms with E-state index in [1.807, 2.05) is 0 Å². The van der Waals surface area contributed by atoms with Crippen molar-refractivity contribution in [1.82, 2.24) is 14.7 Å². The van der Waals surface area contributed by atoms with Gasteiger partial charge >= 0.3 is 12.1 Å². The third-order valence-electron chi connectivity index (χ3n) is 3.19. The third kappa shape index (κ3) is 5.49. The number of nitrogens with zero attached hydrogens (tertiary/aromatic N) is 3. The maximum Gasteiger partial charge on any atom is 0.435 e. The Kier molecular flexibility index (Phi) is 5.68. The number of carbonyl (C=O) groups excluding carboxylic acids is 1. The van der Waals surface area contributed by atoms with Gasteiger partial charge < -0.3 is 10.0 Å². The highest BCUT2D eigenvalue weighted by Gasteiger charge is 2.33. The van der Waals surface area contributed by atoms with Crippen molar-refractivity contribution in [3.05, 3.63) is 52.8 Å². The first kappa shape index (κ1) is 18.8. The fourth-order valence-electron chi connectivity index (χ4n) is 2.05. The molecule has 0 unspecified atom stereocenters. The molecule has 6 nitrogen and oxygen atoms in total. The van der Waals surface area contributed by atoms with Crippen LogP contribution in [0.4, 0.5) is 13.2 Å². The van der Waals surface area contributed by atoms with Gasteiger partial charge in [0, 0.05) is 17.8 Å². The van der Waals surface area contributed by atoms with Gasteiger partial charge in [-0.15, -0.1) is 0 Å². The molecule has 2 rings (SSSR count). The van der Waals surface area contributed by atoms with Crippen molar-refractivity contribution in [3.8, 4) is 0 Å². The van der Waals surface area contributed by atoms with E-state index >= 15 is 0 Å². The third-order valence-corrected chi connectivity index (χ3v) is 3.45. The molecule has 25 heavy (non-hydrogen) atoms. The summed E-state index contributed by atoms with van der Waals surface area (Å²) in [7, 11) is 0. The molecule has 0 aliphatic rings. The molecule has 0 aliphatic heterocycles. The molecule has 134 valence electrons. The fourth-order valence-corrected chi connectivity index (χ4v) is 2.17. The first-order valence-corrected chi connectivity index (χ1v) is 7.37. The highest BCUT2D eigenvalue weighted by atomic mass is 35.5. The molecule has 1 aromatic carbocycles. The van der Waals surface area contributed by atoms with Crippen molar-refractivity contribution < 1.29 is 27.9 Å². The lowest BCUT2D eigenvalue weighted by atomic mass is 10.2. The van der Waals surface area contributed by atoms with E-state index in [0.717, 1.165) is 21.8 Å². The van der Waals surface area contributed by atoms with Crippen LogP contribution in [0.5, 0.6) is 0 Å². The number of alkyl halides is 3. The molecule has 1 amide bonds. The minimum absolute atomic E-state index is 0.0182. The number of carbonyl (C=O) groups is 2. The van der Waals surface area contributed by atoms with Crippen LogP contribution < -0.4 is 0 Å². The number of amides is 1. The largest absolute Gasteiger partial charge is 0.480 e. The first-order chi connectivity index (χ1) is 11.6. The molecule has 1 aromatic heterocycles. The second-order valence-electron chi connectivity index (χ2n) is 5.17. The molecule has 0 bridgehead atoms. The lowest BCUT2D eigenvalue weighted by molar-refractivity contribution is -0.145. The molecular weight excluding hydrogens is 363 g/mol. The van der Waals surface area contributed by atoms with E-state index < -0.39 is 36.8 Å². The summed E-state index contributed by atoms with van der Waals surface area (Å²) in [6.07, 6.45) is -3.60. The van der Waals surface area contributed by atoms with E-state index in [1.165, 1.54) is 0 Å². The molecule has 2 aromatic rings. The van der Waals surface area contributed by atoms with Crippen molar-refractivity contribution in [2.45, 2.75) is 19.3 Å². The van der Waals surface area contributed by atoms with Crippen molar-refractivity contribution in [2.75, 3.05) is 6.54 Å². The number of hydrogen-bond acceptors (Lipinski definition) is 3. The molecule has 1 N–H and O–H groups in total. The zero-order valence-corrected chi connectivity index (χ0v) is 13.5. The quantitative estimate of drug-likeness (QED) is 0.842. The van der Waals surface area contributed by atoms with E-state index in [0.29, 0.717) is 10.6 Å². The Bertz CT molecular complexity index is 759. The highest BCUT2D eigenvalue weighted by molar-refractivity contribution is 6.30. The summed E-state index contributed by atoms with van der Waals surface area (Å²) in [6, 6.07) is 7.17. The number of carboxylic acid groups (broad SMARTS) is 1. The topological polar surface area (TPSA) is 75.4 Å². The number of aromatic nitrogens is 2. The van der Waals surface area contributed by atoms with Crippen LogP contribution in [-0.4, -0.2) is 38.2 Å². The molecule has 0 atom stereocenters. The number of carboxylic acids is 1. The molecule has 10 heteroatoms. The van der Waals surface area contributed by atoms with Gasteiger partial charge in [0.15, 0.2) is 5.69 Å². The second-order valence-corrected chi connectivity index (χ2v) is 5.60. The number of halogens is 4. The van der Waals surface area contributed by atoms with Crippen LogP contribution in [-0.2, 0) is 28.9 Å². The molecule has 0 radical (unpaired) electrons. The van der Waals surface area contributed by atoms with Gasteiger partial charge in [0.2, 0.25) is 5.91 Å². The molecule has 0 spiro atoms. The minimum atomic E-state index is -4.61. The minimum Gasteiger partial charge on any atom is -0.480 e. The SMILES string of the molecule is O=C(O)CN(Cc1ccc(Cl)cc1)C(=O)Cn1ccc(C(F)(F)F)n1. The Morgan fingerprint density at radius 1 is 1.20 bits per heavy atom. The Labute approximate surface area is 145 Å². The monoisotopic (exact) mass is 375 g/mol. The van der Waals surface area contributed by atoms with Crippen molar-refractivity contribution >= 4 is 23.5 Å². The van der Waals surface area contributed by atoms with E-state index in [1.54, 1.807) is 24.3 Å². The van der Waals surface area contributed by atoms with Crippen molar-refractivity contribution in [2.24, 2.45) is 0 Å². The van der Waals surface area contributed by atoms with Gasteiger partial charge in [-0.05, 0) is 23.8 Å². The number of hydrogen-bond donors (Lipinski definition) is 1. The average Bonchev–Trinajstić information content (AvgIpc) is 2.97. The van der Waals surface area contributed by atoms with E-state index in [2.05, 4.69) is 5.10 Å². The predicted octanol–water partition coefficient (Wildman–Crippen LogP) is 2.67. The smallest absolute Gasteiger partial charge is 0.435 e. The summed E-state index contributed by atoms with van der Waals surface area (Å²) < 4.78 is 38.4. The van der Waals surface area contributed by atoms with E-state index in [9.17, 15) is 22.8 Å². The fraction of sp³-hybridized carbons (Fsp3) is 0.267. The van der Waals surface area contributed by atoms with Gasteiger partial charge in [0.1, 0.15) is 13.1 Å². The lowest BCUT2D eigenvalue weighted by Gasteiger charge is -2.21. The Morgan fingerprint density at radius 3 is 2.36 bits per heavy atom. The van der Waals surface area contributed by atoms with Gasteiger partial charge in [-0.1, -0.05) is 23.7 Å². The summed E-state index contributed by atoms with van der Waals surface area (Å²) in [5.41, 5.74) is -0.488. The summed E-state index contributed by atoms with van der Waals surface area (Å²) in [5, 5.41) is 12.7. The van der Waals surface area contributed by atoms with Crippen molar-refractivity contribution in [3.63, 3.8) is 0 Å². The number of rotatable bonds is 6. The summed E-state index contributed by atoms with van der Waals surface area (Å²) in [6.45, 7) is -1.11. The molecule has 0 saturated heterocycles. The number of aliphatic carboxylic acids is 1. The van der Waals surface area contributed by atoms with Crippen LogP contribution in [0.25, 0.3) is 0 Å². The summed E-state index contributed by atoms with van der Waals surface area (Å²) in [4.78, 5) is 24.2. The molecule has 1 heterocycles. The zero-order chi connectivity index (χ0) is 18.6. The van der Waals surface area contributed by atoms with Gasteiger partial charge in [-0.25, -0.2) is 0 Å². The van der Waals surface area contributed by atoms with Crippen molar-refractivity contribution in [1.29, 1.82) is 0 Å². The van der Waals surface area contributed by atoms with E-state index in [4.69, 9.17) is 16.7 Å². The lowest BCUT2D eigenvalue weighted by Crippen LogP contribution is -2.37. The summed E-state index contributed by atoms with van der Waals surface area (Å²) >= 11 is 5.76. The van der Waals surface area contributed by atoms with Crippen LogP contribution in [0.15, 0.2) is 36.5 Å². The zero-order valence-electron chi connectivity index (χ0n) is 12.7. The second kappa shape index (κ2) is 7.56. The normalized spacial score (nSPS) is 11.4. The van der Waals surface area contributed by atoms with E-state index in [-0.39, 0.29) is 6.54 Å². The van der Waals surface area contributed by atoms with Crippen LogP contribution in [0.1, 0.15) is 11.3 Å². The van der Waals surface area contributed by atoms with Gasteiger partial charge in [0.25, 0.3) is 0 Å². The maximum atomic E-state index is 12.5. The number of benzene rings is 1. The average molecular weight is 376 g/mol. The standard InChI is InChI=1S/C15H13ClF3N3O3/c16-11-3-1-10(2-4-11)7-21(9-14(24)25)13(23)8-22-6-5-12(20-22)15(17,18)19/h1-6H,7-9H2,(H,24,25). The predicted molar refractivity (Wildman–Crippen MR) is 81.7 cm³/mol. The molecule has 0 saturated carbocycles. The summed E-state index contributed by atoms with van der Waals surface area (Å²) in [5.74, 6) is -1.91. The first-order valence-electron chi connectivity index (χ1n) is 7.00. The Morgan fingerprint density at radius 2 is 1.84 bits per heavy atom. The van der Waals surface area contributed by atoms with Crippen LogP contribution in [0, 0.1) is 0 Å². The van der Waals surface area contributed by atoms with Crippen LogP contribution in [0.2, 0.25) is 5.02 Å². The van der Waals surface area contributed by atoms with Gasteiger partial charge in [0.05, 0.1) is 0 Å². The van der Waals surface area contributed by atoms with Crippen LogP contribution >= 0.6 is 11.6 Å². The molecular formula is C15H13ClF3N3O3. The van der Waals surface area contributed by atoms with Crippen LogP contribution in [0.3, 0.4) is 0 Å².